The Hall–Kier alpha value is -3.22. The van der Waals surface area contributed by atoms with Crippen LogP contribution in [-0.4, -0.2) is 50.6 Å². The molecule has 2 amide bonds. The number of anilines is 1. The van der Waals surface area contributed by atoms with Crippen molar-refractivity contribution in [1.82, 2.24) is 4.90 Å². The second-order valence-electron chi connectivity index (χ2n) is 5.97. The van der Waals surface area contributed by atoms with Crippen molar-refractivity contribution >= 4 is 17.5 Å². The van der Waals surface area contributed by atoms with Crippen LogP contribution in [0.15, 0.2) is 42.5 Å². The fraction of sp³-hybridized carbons (Fsp3) is 0.263. The number of nitrogens with zero attached hydrogens (tertiary/aromatic N) is 1. The molecule has 1 aliphatic rings. The molecule has 7 heteroatoms. The highest BCUT2D eigenvalue weighted by atomic mass is 16.6. The zero-order chi connectivity index (χ0) is 18.7. The quantitative estimate of drug-likeness (QED) is 0.909. The zero-order valence-electron chi connectivity index (χ0n) is 14.8. The van der Waals surface area contributed by atoms with Crippen molar-refractivity contribution in [2.24, 2.45) is 0 Å². The topological polar surface area (TPSA) is 77.1 Å². The van der Waals surface area contributed by atoms with Gasteiger partial charge < -0.3 is 24.4 Å². The molecule has 0 saturated carbocycles. The Kier molecular flexibility index (Phi) is 4.97. The Labute approximate surface area is 151 Å². The normalized spacial score (nSPS) is 15.1. The first-order valence-corrected chi connectivity index (χ1v) is 8.08. The van der Waals surface area contributed by atoms with Gasteiger partial charge in [-0.15, -0.1) is 0 Å². The Morgan fingerprint density at radius 2 is 1.88 bits per heavy atom. The van der Waals surface area contributed by atoms with Gasteiger partial charge in [0.1, 0.15) is 12.4 Å². The molecule has 136 valence electrons. The van der Waals surface area contributed by atoms with E-state index in [1.165, 1.54) is 12.0 Å². The van der Waals surface area contributed by atoms with E-state index in [0.717, 1.165) is 0 Å². The van der Waals surface area contributed by atoms with Gasteiger partial charge in [0.2, 0.25) is 6.10 Å². The lowest BCUT2D eigenvalue weighted by atomic mass is 10.1. The number of hydrogen-bond donors (Lipinski definition) is 1. The smallest absolute Gasteiger partial charge is 0.269 e. The van der Waals surface area contributed by atoms with Crippen LogP contribution >= 0.6 is 0 Å². The number of amides is 2. The maximum atomic E-state index is 12.6. The molecule has 1 atom stereocenters. The highest BCUT2D eigenvalue weighted by Gasteiger charge is 2.28. The molecule has 2 aromatic carbocycles. The summed E-state index contributed by atoms with van der Waals surface area (Å²) in [5.74, 6) is 1.02. The summed E-state index contributed by atoms with van der Waals surface area (Å²) in [4.78, 5) is 26.2. The minimum absolute atomic E-state index is 0.0987. The van der Waals surface area contributed by atoms with Crippen molar-refractivity contribution in [2.75, 3.05) is 33.1 Å². The number of ether oxygens (including phenoxy) is 3. The van der Waals surface area contributed by atoms with Gasteiger partial charge in [-0.2, -0.15) is 0 Å². The molecule has 1 N–H and O–H groups in total. The molecule has 7 nitrogen and oxygen atoms in total. The highest BCUT2D eigenvalue weighted by molar-refractivity contribution is 5.99. The number of methoxy groups -OCH3 is 1. The largest absolute Gasteiger partial charge is 0.495 e. The third kappa shape index (κ3) is 3.56. The van der Waals surface area contributed by atoms with Crippen LogP contribution in [0.2, 0.25) is 0 Å². The number of fused-ring (bicyclic) bond motifs is 1. The summed E-state index contributed by atoms with van der Waals surface area (Å²) >= 11 is 0. The lowest BCUT2D eigenvalue weighted by Gasteiger charge is -2.25. The average Bonchev–Trinajstić information content (AvgIpc) is 2.66. The third-order valence-corrected chi connectivity index (χ3v) is 3.91. The van der Waals surface area contributed by atoms with Crippen molar-refractivity contribution in [3.8, 4) is 17.2 Å². The molecule has 0 radical (unpaired) electrons. The Morgan fingerprint density at radius 3 is 2.58 bits per heavy atom. The van der Waals surface area contributed by atoms with Gasteiger partial charge in [-0.05, 0) is 30.3 Å². The number of nitrogens with one attached hydrogen (secondary N) is 1. The van der Waals surface area contributed by atoms with E-state index in [0.29, 0.717) is 28.5 Å². The molecule has 0 aliphatic carbocycles. The molecule has 26 heavy (non-hydrogen) atoms. The minimum atomic E-state index is -0.803. The first kappa shape index (κ1) is 17.6. The van der Waals surface area contributed by atoms with Gasteiger partial charge in [-0.3, -0.25) is 9.59 Å². The summed E-state index contributed by atoms with van der Waals surface area (Å²) in [7, 11) is 4.82. The SMILES string of the molecule is COc1ccc(C(=O)N(C)C)cc1NC(=O)C1COc2ccccc2O1. The monoisotopic (exact) mass is 356 g/mol. The second kappa shape index (κ2) is 7.35. The van der Waals surface area contributed by atoms with Crippen molar-refractivity contribution in [3.63, 3.8) is 0 Å². The van der Waals surface area contributed by atoms with Gasteiger partial charge in [-0.1, -0.05) is 12.1 Å². The van der Waals surface area contributed by atoms with Crippen LogP contribution in [0.5, 0.6) is 17.2 Å². The van der Waals surface area contributed by atoms with Gasteiger partial charge in [0.05, 0.1) is 12.8 Å². The van der Waals surface area contributed by atoms with Crippen LogP contribution < -0.4 is 19.5 Å². The molecule has 3 rings (SSSR count). The summed E-state index contributed by atoms with van der Waals surface area (Å²) < 4.78 is 16.5. The van der Waals surface area contributed by atoms with E-state index in [1.807, 2.05) is 12.1 Å². The molecule has 1 unspecified atom stereocenters. The second-order valence-corrected chi connectivity index (χ2v) is 5.97. The fourth-order valence-electron chi connectivity index (χ4n) is 2.56. The predicted molar refractivity (Wildman–Crippen MR) is 96.0 cm³/mol. The van der Waals surface area contributed by atoms with Crippen LogP contribution in [0, 0.1) is 0 Å². The van der Waals surface area contributed by atoms with Gasteiger partial charge in [0.25, 0.3) is 11.8 Å². The van der Waals surface area contributed by atoms with Gasteiger partial charge in [-0.25, -0.2) is 0 Å². The molecule has 0 fully saturated rings. The van der Waals surface area contributed by atoms with E-state index in [1.54, 1.807) is 44.4 Å². The first-order chi connectivity index (χ1) is 12.5. The molecule has 0 bridgehead atoms. The molecule has 0 aromatic heterocycles. The Morgan fingerprint density at radius 1 is 1.15 bits per heavy atom. The number of carbonyl (C=O) groups is 2. The maximum absolute atomic E-state index is 12.6. The molecular formula is C19H20N2O5. The van der Waals surface area contributed by atoms with Crippen LogP contribution in [0.25, 0.3) is 0 Å². The minimum Gasteiger partial charge on any atom is -0.495 e. The van der Waals surface area contributed by atoms with E-state index in [9.17, 15) is 9.59 Å². The van der Waals surface area contributed by atoms with Gasteiger partial charge in [0, 0.05) is 19.7 Å². The number of hydrogen-bond acceptors (Lipinski definition) is 5. The first-order valence-electron chi connectivity index (χ1n) is 8.08. The van der Waals surface area contributed by atoms with Crippen molar-refractivity contribution in [2.45, 2.75) is 6.10 Å². The molecular weight excluding hydrogens is 336 g/mol. The zero-order valence-corrected chi connectivity index (χ0v) is 14.8. The van der Waals surface area contributed by atoms with Crippen molar-refractivity contribution in [3.05, 3.63) is 48.0 Å². The van der Waals surface area contributed by atoms with Crippen LogP contribution in [0.3, 0.4) is 0 Å². The highest BCUT2D eigenvalue weighted by Crippen LogP contribution is 2.32. The van der Waals surface area contributed by atoms with E-state index in [2.05, 4.69) is 5.32 Å². The van der Waals surface area contributed by atoms with Crippen molar-refractivity contribution in [1.29, 1.82) is 0 Å². The summed E-state index contributed by atoms with van der Waals surface area (Å²) in [6.07, 6.45) is -0.803. The van der Waals surface area contributed by atoms with Gasteiger partial charge in [0.15, 0.2) is 11.5 Å². The van der Waals surface area contributed by atoms with Crippen LogP contribution in [0.4, 0.5) is 5.69 Å². The lowest BCUT2D eigenvalue weighted by molar-refractivity contribution is -0.125. The van der Waals surface area contributed by atoms with E-state index in [-0.39, 0.29) is 18.4 Å². The van der Waals surface area contributed by atoms with Crippen LogP contribution in [-0.2, 0) is 4.79 Å². The summed E-state index contributed by atoms with van der Waals surface area (Å²) in [5.41, 5.74) is 0.838. The summed E-state index contributed by atoms with van der Waals surface area (Å²) in [5, 5.41) is 2.76. The molecule has 1 heterocycles. The standard InChI is InChI=1S/C19H20N2O5/c1-21(2)19(23)12-8-9-14(24-3)13(10-12)20-18(22)17-11-25-15-6-4-5-7-16(15)26-17/h4-10,17H,11H2,1-3H3,(H,20,22). The summed E-state index contributed by atoms with van der Waals surface area (Å²) in [6.45, 7) is 0.0987. The number of rotatable bonds is 4. The molecule has 0 saturated heterocycles. The van der Waals surface area contributed by atoms with E-state index >= 15 is 0 Å². The Balaban J connectivity index is 1.78. The van der Waals surface area contributed by atoms with E-state index < -0.39 is 6.10 Å². The molecule has 2 aromatic rings. The number of carbonyl (C=O) groups excluding carboxylic acids is 2. The van der Waals surface area contributed by atoms with Gasteiger partial charge >= 0.3 is 0 Å². The Bertz CT molecular complexity index is 834. The molecule has 1 aliphatic heterocycles. The average molecular weight is 356 g/mol. The van der Waals surface area contributed by atoms with Crippen LogP contribution in [0.1, 0.15) is 10.4 Å². The predicted octanol–water partition coefficient (Wildman–Crippen LogP) is 2.18. The van der Waals surface area contributed by atoms with Crippen molar-refractivity contribution < 1.29 is 23.8 Å². The summed E-state index contributed by atoms with van der Waals surface area (Å²) in [6, 6.07) is 12.0. The molecule has 0 spiro atoms. The number of benzene rings is 2. The lowest BCUT2D eigenvalue weighted by Crippen LogP contribution is -2.40. The number of para-hydroxylation sites is 2. The van der Waals surface area contributed by atoms with E-state index in [4.69, 9.17) is 14.2 Å². The third-order valence-electron chi connectivity index (χ3n) is 3.91. The maximum Gasteiger partial charge on any atom is 0.269 e. The fourth-order valence-corrected chi connectivity index (χ4v) is 2.56.